The Morgan fingerprint density at radius 3 is 2.38 bits per heavy atom. The minimum absolute atomic E-state index is 0.0639. The lowest BCUT2D eigenvalue weighted by molar-refractivity contribution is -0.384. The van der Waals surface area contributed by atoms with Crippen LogP contribution in [0.2, 0.25) is 0 Å². The molecule has 0 radical (unpaired) electrons. The Kier molecular flexibility index (Phi) is 6.80. The molecule has 0 aliphatic rings. The molecule has 130 valence electrons. The molecule has 0 aliphatic carbocycles. The van der Waals surface area contributed by atoms with Crippen molar-refractivity contribution in [2.45, 2.75) is 32.0 Å². The first kappa shape index (κ1) is 19.0. The number of amides is 2. The molecular weight excluding hydrogens is 320 g/mol. The van der Waals surface area contributed by atoms with Crippen molar-refractivity contribution in [3.63, 3.8) is 0 Å². The number of non-ortho nitro benzene ring substituents is 1. The summed E-state index contributed by atoms with van der Waals surface area (Å²) in [4.78, 5) is 44.0. The molecule has 10 heteroatoms. The number of carbonyl (C=O) groups is 3. The number of carboxylic acids is 1. The van der Waals surface area contributed by atoms with Gasteiger partial charge in [0.15, 0.2) is 0 Å². The first-order chi connectivity index (χ1) is 11.2. The summed E-state index contributed by atoms with van der Waals surface area (Å²) in [6.45, 7) is 1.39. The normalized spacial score (nSPS) is 12.8. The molecule has 2 atom stereocenters. The highest BCUT2D eigenvalue weighted by molar-refractivity contribution is 5.89. The minimum atomic E-state index is -1.19. The number of nitro groups is 1. The third-order valence-electron chi connectivity index (χ3n) is 3.10. The number of carbonyl (C=O) groups excluding carboxylic acids is 2. The summed E-state index contributed by atoms with van der Waals surface area (Å²) in [5.74, 6) is -2.44. The number of nitrogens with zero attached hydrogens (tertiary/aromatic N) is 1. The summed E-state index contributed by atoms with van der Waals surface area (Å²) in [7, 11) is 0. The molecule has 0 saturated carbocycles. The fourth-order valence-corrected chi connectivity index (χ4v) is 1.71. The van der Waals surface area contributed by atoms with Crippen LogP contribution < -0.4 is 16.4 Å². The van der Waals surface area contributed by atoms with Crippen molar-refractivity contribution in [1.29, 1.82) is 0 Å². The van der Waals surface area contributed by atoms with E-state index in [-0.39, 0.29) is 18.7 Å². The highest BCUT2D eigenvalue weighted by Crippen LogP contribution is 2.11. The number of hydrogen-bond donors (Lipinski definition) is 4. The Morgan fingerprint density at radius 1 is 1.29 bits per heavy atom. The number of rotatable bonds is 8. The van der Waals surface area contributed by atoms with Gasteiger partial charge in [0, 0.05) is 18.7 Å². The quantitative estimate of drug-likeness (QED) is 0.367. The van der Waals surface area contributed by atoms with E-state index in [0.717, 1.165) is 0 Å². The Labute approximate surface area is 137 Å². The van der Waals surface area contributed by atoms with Crippen LogP contribution in [-0.2, 0) is 20.9 Å². The predicted molar refractivity (Wildman–Crippen MR) is 82.8 cm³/mol. The maximum atomic E-state index is 11.8. The van der Waals surface area contributed by atoms with E-state index in [1.165, 1.54) is 31.2 Å². The van der Waals surface area contributed by atoms with Gasteiger partial charge < -0.3 is 21.5 Å². The van der Waals surface area contributed by atoms with Crippen molar-refractivity contribution < 1.29 is 24.4 Å². The number of aliphatic carboxylic acids is 1. The summed E-state index contributed by atoms with van der Waals surface area (Å²) in [5.41, 5.74) is 6.15. The van der Waals surface area contributed by atoms with Crippen molar-refractivity contribution in [2.24, 2.45) is 5.73 Å². The molecule has 0 unspecified atom stereocenters. The van der Waals surface area contributed by atoms with Gasteiger partial charge in [0.1, 0.15) is 6.04 Å². The van der Waals surface area contributed by atoms with Crippen LogP contribution in [-0.4, -0.2) is 39.9 Å². The van der Waals surface area contributed by atoms with Crippen LogP contribution >= 0.6 is 0 Å². The molecule has 0 aromatic heterocycles. The highest BCUT2D eigenvalue weighted by atomic mass is 16.6. The minimum Gasteiger partial charge on any atom is -0.480 e. The molecule has 2 amide bonds. The van der Waals surface area contributed by atoms with Crippen LogP contribution in [0.25, 0.3) is 0 Å². The zero-order valence-corrected chi connectivity index (χ0v) is 12.9. The van der Waals surface area contributed by atoms with Crippen LogP contribution in [0.3, 0.4) is 0 Å². The first-order valence-corrected chi connectivity index (χ1v) is 6.99. The lowest BCUT2D eigenvalue weighted by Gasteiger charge is -2.14. The standard InChI is InChI=1S/C14H18N4O6/c1-8(14(21)22)17-12(19)6-11(15)13(20)16-7-9-2-4-10(5-3-9)18(23)24/h2-5,8,11H,6-7,15H2,1H3,(H,16,20)(H,17,19)(H,21,22)/t8-,11+/m1/s1. The molecule has 1 aromatic rings. The zero-order chi connectivity index (χ0) is 18.3. The molecule has 1 aromatic carbocycles. The molecule has 24 heavy (non-hydrogen) atoms. The molecule has 5 N–H and O–H groups in total. The average Bonchev–Trinajstić information content (AvgIpc) is 2.52. The van der Waals surface area contributed by atoms with Crippen molar-refractivity contribution in [3.05, 3.63) is 39.9 Å². The third-order valence-corrected chi connectivity index (χ3v) is 3.10. The molecule has 0 saturated heterocycles. The van der Waals surface area contributed by atoms with Crippen LogP contribution in [0.1, 0.15) is 18.9 Å². The lowest BCUT2D eigenvalue weighted by Crippen LogP contribution is -2.46. The second-order valence-electron chi connectivity index (χ2n) is 5.08. The third kappa shape index (κ3) is 6.01. The van der Waals surface area contributed by atoms with Gasteiger partial charge >= 0.3 is 5.97 Å². The molecule has 0 spiro atoms. The molecule has 0 heterocycles. The number of carboxylic acid groups (broad SMARTS) is 1. The largest absolute Gasteiger partial charge is 0.480 e. The Bertz CT molecular complexity index is 631. The number of nitrogens with two attached hydrogens (primary N) is 1. The first-order valence-electron chi connectivity index (χ1n) is 6.99. The van der Waals surface area contributed by atoms with Gasteiger partial charge in [-0.25, -0.2) is 0 Å². The average molecular weight is 338 g/mol. The van der Waals surface area contributed by atoms with Crippen molar-refractivity contribution in [2.75, 3.05) is 0 Å². The highest BCUT2D eigenvalue weighted by Gasteiger charge is 2.20. The van der Waals surface area contributed by atoms with Crippen LogP contribution in [0.5, 0.6) is 0 Å². The van der Waals surface area contributed by atoms with E-state index in [2.05, 4.69) is 10.6 Å². The van der Waals surface area contributed by atoms with E-state index < -0.39 is 34.8 Å². The van der Waals surface area contributed by atoms with Gasteiger partial charge in [-0.3, -0.25) is 24.5 Å². The fourth-order valence-electron chi connectivity index (χ4n) is 1.71. The van der Waals surface area contributed by atoms with Gasteiger partial charge in [0.05, 0.1) is 17.4 Å². The topological polar surface area (TPSA) is 165 Å². The van der Waals surface area contributed by atoms with E-state index in [1.807, 2.05) is 0 Å². The molecular formula is C14H18N4O6. The number of nitrogens with one attached hydrogen (secondary N) is 2. The maximum Gasteiger partial charge on any atom is 0.325 e. The van der Waals surface area contributed by atoms with Gasteiger partial charge in [-0.1, -0.05) is 12.1 Å². The monoisotopic (exact) mass is 338 g/mol. The second kappa shape index (κ2) is 8.58. The van der Waals surface area contributed by atoms with E-state index in [9.17, 15) is 24.5 Å². The summed E-state index contributed by atoms with van der Waals surface area (Å²) >= 11 is 0. The number of benzene rings is 1. The van der Waals surface area contributed by atoms with Crippen molar-refractivity contribution in [1.82, 2.24) is 10.6 Å². The van der Waals surface area contributed by atoms with E-state index in [0.29, 0.717) is 5.56 Å². The van der Waals surface area contributed by atoms with Gasteiger partial charge in [0.25, 0.3) is 5.69 Å². The lowest BCUT2D eigenvalue weighted by atomic mass is 10.1. The van der Waals surface area contributed by atoms with Gasteiger partial charge in [-0.2, -0.15) is 0 Å². The second-order valence-corrected chi connectivity index (χ2v) is 5.08. The summed E-state index contributed by atoms with van der Waals surface area (Å²) in [5, 5.41) is 23.9. The molecule has 10 nitrogen and oxygen atoms in total. The van der Waals surface area contributed by atoms with E-state index in [4.69, 9.17) is 10.8 Å². The predicted octanol–water partition coefficient (Wildman–Crippen LogP) is -0.482. The Balaban J connectivity index is 2.45. The van der Waals surface area contributed by atoms with Gasteiger partial charge in [-0.05, 0) is 12.5 Å². The summed E-state index contributed by atoms with van der Waals surface area (Å²) in [6.07, 6.45) is -0.357. The molecule has 0 fully saturated rings. The maximum absolute atomic E-state index is 11.8. The summed E-state index contributed by atoms with van der Waals surface area (Å²) in [6, 6.07) is 3.39. The van der Waals surface area contributed by atoms with Crippen molar-refractivity contribution >= 4 is 23.5 Å². The smallest absolute Gasteiger partial charge is 0.325 e. The summed E-state index contributed by atoms with van der Waals surface area (Å²) < 4.78 is 0. The van der Waals surface area contributed by atoms with Crippen LogP contribution in [0.15, 0.2) is 24.3 Å². The zero-order valence-electron chi connectivity index (χ0n) is 12.9. The van der Waals surface area contributed by atoms with E-state index >= 15 is 0 Å². The fraction of sp³-hybridized carbons (Fsp3) is 0.357. The molecule has 1 rings (SSSR count). The van der Waals surface area contributed by atoms with Gasteiger partial charge in [-0.15, -0.1) is 0 Å². The number of hydrogen-bond acceptors (Lipinski definition) is 6. The molecule has 0 aliphatic heterocycles. The Hall–Kier alpha value is -3.01. The van der Waals surface area contributed by atoms with E-state index in [1.54, 1.807) is 0 Å². The number of nitro benzene ring substituents is 1. The van der Waals surface area contributed by atoms with Crippen LogP contribution in [0, 0.1) is 10.1 Å². The van der Waals surface area contributed by atoms with Crippen LogP contribution in [0.4, 0.5) is 5.69 Å². The Morgan fingerprint density at radius 2 is 1.88 bits per heavy atom. The SMILES string of the molecule is C[C@@H](NC(=O)C[C@H](N)C(=O)NCc1ccc([N+](=O)[O-])cc1)C(=O)O. The van der Waals surface area contributed by atoms with Crippen molar-refractivity contribution in [3.8, 4) is 0 Å². The molecule has 0 bridgehead atoms. The van der Waals surface area contributed by atoms with Gasteiger partial charge in [0.2, 0.25) is 11.8 Å².